The van der Waals surface area contributed by atoms with Gasteiger partial charge in [-0.2, -0.15) is 0 Å². The first-order valence-corrected chi connectivity index (χ1v) is 7.15. The molecule has 1 rings (SSSR count). The summed E-state index contributed by atoms with van der Waals surface area (Å²) in [5, 5.41) is 0.213. The van der Waals surface area contributed by atoms with E-state index in [1.807, 2.05) is 13.8 Å². The van der Waals surface area contributed by atoms with Gasteiger partial charge in [0.1, 0.15) is 4.90 Å². The summed E-state index contributed by atoms with van der Waals surface area (Å²) in [6.07, 6.45) is 0.0832. The second kappa shape index (κ2) is 6.35. The summed E-state index contributed by atoms with van der Waals surface area (Å²) in [6, 6.07) is 6.32. The fraction of sp³-hybridized carbons (Fsp3) is 0.455. The van der Waals surface area contributed by atoms with E-state index >= 15 is 0 Å². The van der Waals surface area contributed by atoms with Crippen LogP contribution in [-0.4, -0.2) is 27.7 Å². The van der Waals surface area contributed by atoms with Crippen LogP contribution in [0.1, 0.15) is 13.8 Å². The van der Waals surface area contributed by atoms with Crippen LogP contribution in [0.15, 0.2) is 29.2 Å². The number of sulfonamides is 1. The van der Waals surface area contributed by atoms with Crippen molar-refractivity contribution in [2.45, 2.75) is 24.8 Å². The zero-order valence-electron chi connectivity index (χ0n) is 9.81. The van der Waals surface area contributed by atoms with E-state index in [-0.39, 0.29) is 22.6 Å². The van der Waals surface area contributed by atoms with Crippen molar-refractivity contribution >= 4 is 21.6 Å². The minimum Gasteiger partial charge on any atom is -0.377 e. The molecule has 6 heteroatoms. The number of halogens is 1. The molecule has 4 nitrogen and oxygen atoms in total. The van der Waals surface area contributed by atoms with Crippen molar-refractivity contribution in [3.05, 3.63) is 29.3 Å². The number of hydrogen-bond donors (Lipinski definition) is 1. The van der Waals surface area contributed by atoms with Crippen molar-refractivity contribution < 1.29 is 13.2 Å². The Morgan fingerprint density at radius 3 is 2.59 bits per heavy atom. The van der Waals surface area contributed by atoms with E-state index in [4.69, 9.17) is 16.3 Å². The Hall–Kier alpha value is -0.620. The molecule has 0 atom stereocenters. The third kappa shape index (κ3) is 4.63. The number of nitrogens with one attached hydrogen (secondary N) is 1. The molecule has 1 N–H and O–H groups in total. The summed E-state index contributed by atoms with van der Waals surface area (Å²) in [4.78, 5) is 0.0891. The van der Waals surface area contributed by atoms with Crippen LogP contribution in [-0.2, 0) is 14.8 Å². The van der Waals surface area contributed by atoms with Crippen LogP contribution in [0.4, 0.5) is 0 Å². The largest absolute Gasteiger partial charge is 0.377 e. The Morgan fingerprint density at radius 2 is 2.00 bits per heavy atom. The summed E-state index contributed by atoms with van der Waals surface area (Å²) >= 11 is 5.82. The minimum atomic E-state index is -3.55. The molecule has 17 heavy (non-hydrogen) atoms. The average Bonchev–Trinajstić information content (AvgIpc) is 2.24. The maximum Gasteiger partial charge on any atom is 0.242 e. The van der Waals surface area contributed by atoms with Gasteiger partial charge in [0.15, 0.2) is 0 Å². The van der Waals surface area contributed by atoms with E-state index in [1.54, 1.807) is 18.2 Å². The van der Waals surface area contributed by atoms with Gasteiger partial charge in [-0.05, 0) is 26.0 Å². The maximum absolute atomic E-state index is 11.8. The molecule has 0 saturated heterocycles. The molecule has 0 spiro atoms. The molecule has 1 aromatic carbocycles. The van der Waals surface area contributed by atoms with Crippen LogP contribution in [0.5, 0.6) is 0 Å². The molecule has 0 radical (unpaired) electrons. The summed E-state index contributed by atoms with van der Waals surface area (Å²) in [5.41, 5.74) is 0. The first-order chi connectivity index (χ1) is 7.93. The predicted molar refractivity (Wildman–Crippen MR) is 67.7 cm³/mol. The summed E-state index contributed by atoms with van der Waals surface area (Å²) < 4.78 is 31.4. The lowest BCUT2D eigenvalue weighted by atomic mass is 10.4. The van der Waals surface area contributed by atoms with Crippen molar-refractivity contribution in [1.82, 2.24) is 4.72 Å². The monoisotopic (exact) mass is 277 g/mol. The normalized spacial score (nSPS) is 12.0. The maximum atomic E-state index is 11.8. The quantitative estimate of drug-likeness (QED) is 0.810. The SMILES string of the molecule is CC(C)OCCNS(=O)(=O)c1ccccc1Cl. The molecule has 0 aromatic heterocycles. The van der Waals surface area contributed by atoms with E-state index < -0.39 is 10.0 Å². The zero-order valence-corrected chi connectivity index (χ0v) is 11.4. The van der Waals surface area contributed by atoms with Crippen LogP contribution in [0, 0.1) is 0 Å². The third-order valence-electron chi connectivity index (χ3n) is 1.97. The lowest BCUT2D eigenvalue weighted by Crippen LogP contribution is -2.28. The van der Waals surface area contributed by atoms with Gasteiger partial charge in [0.05, 0.1) is 17.7 Å². The smallest absolute Gasteiger partial charge is 0.242 e. The molecule has 0 heterocycles. The van der Waals surface area contributed by atoms with E-state index in [1.165, 1.54) is 6.07 Å². The van der Waals surface area contributed by atoms with Gasteiger partial charge in [0.2, 0.25) is 10.0 Å². The molecular formula is C11H16ClNO3S. The summed E-state index contributed by atoms with van der Waals surface area (Å²) in [5.74, 6) is 0. The van der Waals surface area contributed by atoms with E-state index in [9.17, 15) is 8.42 Å². The number of rotatable bonds is 6. The molecule has 0 unspecified atom stereocenters. The molecule has 0 aliphatic heterocycles. The van der Waals surface area contributed by atoms with Crippen LogP contribution < -0.4 is 4.72 Å². The van der Waals surface area contributed by atoms with Crippen LogP contribution >= 0.6 is 11.6 Å². The Morgan fingerprint density at radius 1 is 1.35 bits per heavy atom. The molecular weight excluding hydrogens is 262 g/mol. The van der Waals surface area contributed by atoms with Gasteiger partial charge in [0.25, 0.3) is 0 Å². The predicted octanol–water partition coefficient (Wildman–Crippen LogP) is 2.04. The highest BCUT2D eigenvalue weighted by molar-refractivity contribution is 7.89. The first kappa shape index (κ1) is 14.4. The van der Waals surface area contributed by atoms with Gasteiger partial charge in [-0.15, -0.1) is 0 Å². The van der Waals surface area contributed by atoms with E-state index in [0.29, 0.717) is 6.61 Å². The van der Waals surface area contributed by atoms with E-state index in [0.717, 1.165) is 0 Å². The Bertz CT molecular complexity index is 460. The Balaban J connectivity index is 2.61. The standard InChI is InChI=1S/C11H16ClNO3S/c1-9(2)16-8-7-13-17(14,15)11-6-4-3-5-10(11)12/h3-6,9,13H,7-8H2,1-2H3. The van der Waals surface area contributed by atoms with Gasteiger partial charge < -0.3 is 4.74 Å². The van der Waals surface area contributed by atoms with Crippen LogP contribution in [0.2, 0.25) is 5.02 Å². The fourth-order valence-corrected chi connectivity index (χ4v) is 2.74. The second-order valence-corrected chi connectivity index (χ2v) is 5.89. The topological polar surface area (TPSA) is 55.4 Å². The van der Waals surface area contributed by atoms with Crippen LogP contribution in [0.25, 0.3) is 0 Å². The Kier molecular flexibility index (Phi) is 5.39. The summed E-state index contributed by atoms with van der Waals surface area (Å²) in [6.45, 7) is 4.35. The zero-order chi connectivity index (χ0) is 12.9. The van der Waals surface area contributed by atoms with Gasteiger partial charge in [-0.1, -0.05) is 23.7 Å². The van der Waals surface area contributed by atoms with Crippen molar-refractivity contribution in [3.8, 4) is 0 Å². The highest BCUT2D eigenvalue weighted by Crippen LogP contribution is 2.19. The lowest BCUT2D eigenvalue weighted by molar-refractivity contribution is 0.0834. The summed E-state index contributed by atoms with van der Waals surface area (Å²) in [7, 11) is -3.55. The average molecular weight is 278 g/mol. The molecule has 1 aromatic rings. The minimum absolute atomic E-state index is 0.0832. The Labute approximate surface area is 107 Å². The molecule has 96 valence electrons. The molecule has 0 saturated carbocycles. The highest BCUT2D eigenvalue weighted by Gasteiger charge is 2.16. The fourth-order valence-electron chi connectivity index (χ4n) is 1.21. The first-order valence-electron chi connectivity index (χ1n) is 5.29. The molecule has 0 aliphatic rings. The van der Waals surface area contributed by atoms with Gasteiger partial charge in [0, 0.05) is 6.54 Å². The van der Waals surface area contributed by atoms with Crippen LogP contribution in [0.3, 0.4) is 0 Å². The molecule has 0 bridgehead atoms. The molecule has 0 amide bonds. The highest BCUT2D eigenvalue weighted by atomic mass is 35.5. The lowest BCUT2D eigenvalue weighted by Gasteiger charge is -2.10. The van der Waals surface area contributed by atoms with Gasteiger partial charge >= 0.3 is 0 Å². The van der Waals surface area contributed by atoms with Crippen molar-refractivity contribution in [2.24, 2.45) is 0 Å². The molecule has 0 fully saturated rings. The van der Waals surface area contributed by atoms with Crippen molar-refractivity contribution in [1.29, 1.82) is 0 Å². The van der Waals surface area contributed by atoms with Gasteiger partial charge in [-0.25, -0.2) is 13.1 Å². The molecule has 0 aliphatic carbocycles. The van der Waals surface area contributed by atoms with Gasteiger partial charge in [-0.3, -0.25) is 0 Å². The number of ether oxygens (including phenoxy) is 1. The van der Waals surface area contributed by atoms with Crippen molar-refractivity contribution in [3.63, 3.8) is 0 Å². The van der Waals surface area contributed by atoms with Crippen molar-refractivity contribution in [2.75, 3.05) is 13.2 Å². The van der Waals surface area contributed by atoms with E-state index in [2.05, 4.69) is 4.72 Å². The third-order valence-corrected chi connectivity index (χ3v) is 3.93. The second-order valence-electron chi connectivity index (χ2n) is 3.75. The number of benzene rings is 1. The number of hydrogen-bond acceptors (Lipinski definition) is 3.